The van der Waals surface area contributed by atoms with Crippen LogP contribution < -0.4 is 15.8 Å². The Kier molecular flexibility index (Phi) is 7.10. The number of rotatable bonds is 7. The number of ether oxygens (including phenoxy) is 2. The van der Waals surface area contributed by atoms with E-state index in [9.17, 15) is 19.2 Å². The quantitative estimate of drug-likeness (QED) is 0.562. The number of carbonyl (C=O) groups excluding carboxylic acids is 4. The van der Waals surface area contributed by atoms with Gasteiger partial charge >= 0.3 is 12.0 Å². The van der Waals surface area contributed by atoms with Gasteiger partial charge in [0, 0.05) is 11.1 Å². The summed E-state index contributed by atoms with van der Waals surface area (Å²) < 4.78 is 10.4. The van der Waals surface area contributed by atoms with Gasteiger partial charge in [-0.3, -0.25) is 19.7 Å². The number of nitrogens with two attached hydrogens (primary N) is 1. The van der Waals surface area contributed by atoms with Crippen molar-refractivity contribution in [2.45, 2.75) is 33.3 Å². The molecule has 8 heteroatoms. The molecule has 8 nitrogen and oxygen atoms in total. The van der Waals surface area contributed by atoms with E-state index < -0.39 is 24.0 Å². The van der Waals surface area contributed by atoms with Crippen LogP contribution in [-0.4, -0.2) is 36.9 Å². The molecular weight excluding hydrogens is 328 g/mol. The van der Waals surface area contributed by atoms with Crippen LogP contribution in [0.5, 0.6) is 5.75 Å². The summed E-state index contributed by atoms with van der Waals surface area (Å²) in [6.45, 7) is 4.73. The van der Waals surface area contributed by atoms with E-state index in [2.05, 4.69) is 0 Å². The number of carbonyl (C=O) groups is 4. The van der Waals surface area contributed by atoms with Gasteiger partial charge < -0.3 is 15.2 Å². The third-order valence-corrected chi connectivity index (χ3v) is 3.39. The number of hydrogen-bond donors (Lipinski definition) is 2. The topological polar surface area (TPSA) is 125 Å². The molecule has 0 aromatic heterocycles. The molecule has 0 aliphatic carbocycles. The molecule has 0 heterocycles. The number of benzene rings is 1. The Morgan fingerprint density at radius 1 is 1.20 bits per heavy atom. The summed E-state index contributed by atoms with van der Waals surface area (Å²) in [5, 5.41) is 1.89. The number of esters is 1. The number of nitrogens with one attached hydrogen (secondary N) is 1. The summed E-state index contributed by atoms with van der Waals surface area (Å²) in [6.07, 6.45) is -1.36. The highest BCUT2D eigenvalue weighted by molar-refractivity contribution is 5.97. The van der Waals surface area contributed by atoms with Crippen LogP contribution in [0.2, 0.25) is 0 Å². The first kappa shape index (κ1) is 20.1. The number of urea groups is 1. The second kappa shape index (κ2) is 8.81. The predicted molar refractivity (Wildman–Crippen MR) is 89.1 cm³/mol. The second-order valence-electron chi connectivity index (χ2n) is 5.77. The monoisotopic (exact) mass is 350 g/mol. The fourth-order valence-electron chi connectivity index (χ4n) is 2.16. The molecule has 0 fully saturated rings. The third-order valence-electron chi connectivity index (χ3n) is 3.39. The molecular formula is C17H22N2O6. The van der Waals surface area contributed by atoms with Gasteiger partial charge in [0.15, 0.2) is 11.9 Å². The minimum atomic E-state index is -1.16. The first-order valence-corrected chi connectivity index (χ1v) is 7.63. The molecule has 0 saturated carbocycles. The van der Waals surface area contributed by atoms with Crippen molar-refractivity contribution in [1.29, 1.82) is 0 Å². The number of primary amides is 1. The highest BCUT2D eigenvalue weighted by atomic mass is 16.5. The highest BCUT2D eigenvalue weighted by Crippen LogP contribution is 2.22. The molecule has 136 valence electrons. The van der Waals surface area contributed by atoms with Crippen LogP contribution in [-0.2, 0) is 20.7 Å². The van der Waals surface area contributed by atoms with Crippen molar-refractivity contribution in [2.75, 3.05) is 7.11 Å². The zero-order chi connectivity index (χ0) is 19.1. The van der Waals surface area contributed by atoms with Gasteiger partial charge in [0.1, 0.15) is 5.75 Å². The van der Waals surface area contributed by atoms with E-state index >= 15 is 0 Å². The van der Waals surface area contributed by atoms with E-state index in [4.69, 9.17) is 15.2 Å². The molecule has 0 saturated heterocycles. The van der Waals surface area contributed by atoms with E-state index in [-0.39, 0.29) is 18.1 Å². The number of amides is 3. The normalized spacial score (nSPS) is 11.6. The van der Waals surface area contributed by atoms with E-state index in [1.54, 1.807) is 26.0 Å². The summed E-state index contributed by atoms with van der Waals surface area (Å²) in [5.74, 6) is -1.59. The zero-order valence-corrected chi connectivity index (χ0v) is 14.6. The maximum Gasteiger partial charge on any atom is 0.318 e. The molecule has 3 N–H and O–H groups in total. The SMILES string of the molecule is COc1ccc(C(C)=O)cc1CC(=O)O[C@H](C(=O)NC(N)=O)C(C)C. The van der Waals surface area contributed by atoms with Crippen molar-refractivity contribution in [3.63, 3.8) is 0 Å². The van der Waals surface area contributed by atoms with Crippen LogP contribution in [0, 0.1) is 5.92 Å². The van der Waals surface area contributed by atoms with Crippen LogP contribution in [0.1, 0.15) is 36.7 Å². The van der Waals surface area contributed by atoms with Crippen molar-refractivity contribution in [3.8, 4) is 5.75 Å². The fraction of sp³-hybridized carbons (Fsp3) is 0.412. The standard InChI is InChI=1S/C17H22N2O6/c1-9(2)15(16(22)19-17(18)23)25-14(21)8-12-7-11(10(3)20)5-6-13(12)24-4/h5-7,9,15H,8H2,1-4H3,(H3,18,19,22,23)/t15-/m0/s1. The lowest BCUT2D eigenvalue weighted by Crippen LogP contribution is -2.45. The fourth-order valence-corrected chi connectivity index (χ4v) is 2.16. The maximum atomic E-state index is 12.2. The van der Waals surface area contributed by atoms with Gasteiger partial charge in [-0.1, -0.05) is 13.8 Å². The highest BCUT2D eigenvalue weighted by Gasteiger charge is 2.27. The molecule has 1 aromatic rings. The Labute approximate surface area is 145 Å². The van der Waals surface area contributed by atoms with Gasteiger partial charge in [-0.15, -0.1) is 0 Å². The van der Waals surface area contributed by atoms with Crippen LogP contribution in [0.15, 0.2) is 18.2 Å². The lowest BCUT2D eigenvalue weighted by molar-refractivity contribution is -0.157. The predicted octanol–water partition coefficient (Wildman–Crippen LogP) is 1.20. The molecule has 0 bridgehead atoms. The van der Waals surface area contributed by atoms with Crippen LogP contribution in [0.3, 0.4) is 0 Å². The molecule has 0 aliphatic heterocycles. The Bertz CT molecular complexity index is 684. The molecule has 0 aliphatic rings. The van der Waals surface area contributed by atoms with Crippen molar-refractivity contribution < 1.29 is 28.7 Å². The van der Waals surface area contributed by atoms with Gasteiger partial charge in [0.05, 0.1) is 13.5 Å². The summed E-state index contributed by atoms with van der Waals surface area (Å²) in [5.41, 5.74) is 5.79. The minimum absolute atomic E-state index is 0.154. The van der Waals surface area contributed by atoms with E-state index in [0.29, 0.717) is 16.9 Å². The molecule has 0 unspecified atom stereocenters. The smallest absolute Gasteiger partial charge is 0.318 e. The van der Waals surface area contributed by atoms with Gasteiger partial charge in [-0.05, 0) is 31.0 Å². The lowest BCUT2D eigenvalue weighted by Gasteiger charge is -2.20. The van der Waals surface area contributed by atoms with E-state index in [1.165, 1.54) is 20.1 Å². The molecule has 1 atom stereocenters. The number of imide groups is 1. The molecule has 1 rings (SSSR count). The number of Topliss-reactive ketones (excluding diaryl/α,β-unsaturated/α-hetero) is 1. The van der Waals surface area contributed by atoms with Crippen molar-refractivity contribution in [3.05, 3.63) is 29.3 Å². The summed E-state index contributed by atoms with van der Waals surface area (Å²) in [6, 6.07) is 3.69. The van der Waals surface area contributed by atoms with Crippen LogP contribution in [0.4, 0.5) is 4.79 Å². The Morgan fingerprint density at radius 2 is 1.84 bits per heavy atom. The van der Waals surface area contributed by atoms with Gasteiger partial charge in [-0.25, -0.2) is 4.79 Å². The second-order valence-corrected chi connectivity index (χ2v) is 5.77. The molecule has 3 amide bonds. The third kappa shape index (κ3) is 5.91. The Balaban J connectivity index is 2.93. The van der Waals surface area contributed by atoms with Crippen LogP contribution in [0.25, 0.3) is 0 Å². The van der Waals surface area contributed by atoms with Gasteiger partial charge in [0.25, 0.3) is 5.91 Å². The molecule has 1 aromatic carbocycles. The molecule has 0 radical (unpaired) electrons. The average molecular weight is 350 g/mol. The Hall–Kier alpha value is -2.90. The first-order chi connectivity index (χ1) is 11.6. The van der Waals surface area contributed by atoms with E-state index in [0.717, 1.165) is 0 Å². The van der Waals surface area contributed by atoms with Gasteiger partial charge in [-0.2, -0.15) is 0 Å². The van der Waals surface area contributed by atoms with Crippen molar-refractivity contribution in [1.82, 2.24) is 5.32 Å². The minimum Gasteiger partial charge on any atom is -0.496 e. The number of hydrogen-bond acceptors (Lipinski definition) is 6. The molecule has 0 spiro atoms. The Morgan fingerprint density at radius 3 is 2.32 bits per heavy atom. The van der Waals surface area contributed by atoms with Crippen molar-refractivity contribution >= 4 is 23.7 Å². The van der Waals surface area contributed by atoms with E-state index in [1.807, 2.05) is 5.32 Å². The summed E-state index contributed by atoms with van der Waals surface area (Å²) >= 11 is 0. The maximum absolute atomic E-state index is 12.2. The van der Waals surface area contributed by atoms with Gasteiger partial charge in [0.2, 0.25) is 0 Å². The summed E-state index contributed by atoms with van der Waals surface area (Å²) in [7, 11) is 1.44. The first-order valence-electron chi connectivity index (χ1n) is 7.63. The zero-order valence-electron chi connectivity index (χ0n) is 14.6. The number of methoxy groups -OCH3 is 1. The summed E-state index contributed by atoms with van der Waals surface area (Å²) in [4.78, 5) is 46.4. The molecule has 25 heavy (non-hydrogen) atoms. The van der Waals surface area contributed by atoms with Crippen LogP contribution >= 0.6 is 0 Å². The lowest BCUT2D eigenvalue weighted by atomic mass is 10.0. The number of ketones is 1. The largest absolute Gasteiger partial charge is 0.496 e. The average Bonchev–Trinajstić information content (AvgIpc) is 2.51. The van der Waals surface area contributed by atoms with Crippen molar-refractivity contribution in [2.24, 2.45) is 11.7 Å².